The van der Waals surface area contributed by atoms with Crippen LogP contribution in [0.25, 0.3) is 0 Å². The second-order valence-corrected chi connectivity index (χ2v) is 7.06. The molecule has 0 atom stereocenters. The van der Waals surface area contributed by atoms with Gasteiger partial charge in [-0.1, -0.05) is 11.6 Å². The second kappa shape index (κ2) is 8.69. The molecule has 1 aliphatic heterocycles. The van der Waals surface area contributed by atoms with Gasteiger partial charge in [-0.05, 0) is 25.3 Å². The third kappa shape index (κ3) is 4.74. The summed E-state index contributed by atoms with van der Waals surface area (Å²) >= 11 is 7.43. The summed E-state index contributed by atoms with van der Waals surface area (Å²) in [5, 5.41) is 2.36. The number of hydrogen-bond donors (Lipinski definition) is 0. The number of carbonyl (C=O) groups excluding carboxylic acids is 1. The van der Waals surface area contributed by atoms with Crippen molar-refractivity contribution in [1.82, 2.24) is 14.9 Å². The van der Waals surface area contributed by atoms with Crippen LogP contribution in [0.1, 0.15) is 23.5 Å². The van der Waals surface area contributed by atoms with Gasteiger partial charge in [0.15, 0.2) is 0 Å². The van der Waals surface area contributed by atoms with Crippen LogP contribution in [-0.2, 0) is 0 Å². The van der Waals surface area contributed by atoms with E-state index in [0.717, 1.165) is 0 Å². The van der Waals surface area contributed by atoms with Gasteiger partial charge in [-0.25, -0.2) is 4.98 Å². The van der Waals surface area contributed by atoms with Gasteiger partial charge in [0.1, 0.15) is 4.88 Å². The maximum atomic E-state index is 12.5. The minimum absolute atomic E-state index is 0. The van der Waals surface area contributed by atoms with Crippen molar-refractivity contribution < 1.29 is 9.53 Å². The molecule has 1 aliphatic rings. The lowest BCUT2D eigenvalue weighted by Gasteiger charge is -2.34. The molecule has 1 fully saturated rings. The maximum absolute atomic E-state index is 12.5. The van der Waals surface area contributed by atoms with Crippen molar-refractivity contribution in [2.24, 2.45) is 0 Å². The topological polar surface area (TPSA) is 58.6 Å². The summed E-state index contributed by atoms with van der Waals surface area (Å²) in [6.07, 6.45) is 1.76. The molecule has 0 spiro atoms. The van der Waals surface area contributed by atoms with E-state index in [9.17, 15) is 4.79 Å². The Balaban J connectivity index is 0.00000225. The summed E-state index contributed by atoms with van der Waals surface area (Å²) in [7, 11) is 0. The van der Waals surface area contributed by atoms with Crippen LogP contribution in [0.3, 0.4) is 0 Å². The van der Waals surface area contributed by atoms with Crippen molar-refractivity contribution in [2.75, 3.05) is 31.1 Å². The molecular formula is C16H20Cl2N4O2S. The SMILES string of the molecule is CC(C)Oc1ccnc(N2CCN(C(=O)c3sccc3Cl)CC2)n1.Cl. The number of carbonyl (C=O) groups is 1. The Kier molecular flexibility index (Phi) is 6.87. The van der Waals surface area contributed by atoms with E-state index < -0.39 is 0 Å². The van der Waals surface area contributed by atoms with Crippen LogP contribution in [0.2, 0.25) is 5.02 Å². The first-order valence-corrected chi connectivity index (χ1v) is 9.07. The highest BCUT2D eigenvalue weighted by Crippen LogP contribution is 2.24. The molecule has 0 unspecified atom stereocenters. The summed E-state index contributed by atoms with van der Waals surface area (Å²) < 4.78 is 5.61. The third-order valence-electron chi connectivity index (χ3n) is 3.63. The Morgan fingerprint density at radius 3 is 2.60 bits per heavy atom. The van der Waals surface area contributed by atoms with Crippen molar-refractivity contribution in [1.29, 1.82) is 0 Å². The summed E-state index contributed by atoms with van der Waals surface area (Å²) in [6.45, 7) is 6.51. The first-order valence-electron chi connectivity index (χ1n) is 7.81. The number of amides is 1. The summed E-state index contributed by atoms with van der Waals surface area (Å²) in [5.41, 5.74) is 0. The molecule has 9 heteroatoms. The van der Waals surface area contributed by atoms with Gasteiger partial charge in [-0.15, -0.1) is 23.7 Å². The Labute approximate surface area is 162 Å². The standard InChI is InChI=1S/C16H19ClN4O2S.ClH/c1-11(2)23-13-3-5-18-16(19-13)21-8-6-20(7-9-21)15(22)14-12(17)4-10-24-14;/h3-5,10-11H,6-9H2,1-2H3;1H. The van der Waals surface area contributed by atoms with Crippen molar-refractivity contribution in [2.45, 2.75) is 20.0 Å². The van der Waals surface area contributed by atoms with Crippen LogP contribution in [0.4, 0.5) is 5.95 Å². The minimum Gasteiger partial charge on any atom is -0.475 e. The molecule has 3 heterocycles. The molecule has 25 heavy (non-hydrogen) atoms. The predicted octanol–water partition coefficient (Wildman–Crippen LogP) is 3.36. The van der Waals surface area contributed by atoms with E-state index in [4.69, 9.17) is 16.3 Å². The molecule has 0 bridgehead atoms. The zero-order chi connectivity index (χ0) is 17.1. The molecule has 0 aliphatic carbocycles. The highest BCUT2D eigenvalue weighted by molar-refractivity contribution is 7.12. The van der Waals surface area contributed by atoms with Crippen LogP contribution in [0.5, 0.6) is 5.88 Å². The number of anilines is 1. The lowest BCUT2D eigenvalue weighted by Crippen LogP contribution is -2.49. The average molecular weight is 403 g/mol. The van der Waals surface area contributed by atoms with Crippen molar-refractivity contribution >= 4 is 47.2 Å². The third-order valence-corrected chi connectivity index (χ3v) is 4.96. The largest absolute Gasteiger partial charge is 0.475 e. The number of ether oxygens (including phenoxy) is 1. The van der Waals surface area contributed by atoms with Crippen molar-refractivity contribution in [3.63, 3.8) is 0 Å². The highest BCUT2D eigenvalue weighted by Gasteiger charge is 2.25. The summed E-state index contributed by atoms with van der Waals surface area (Å²) in [4.78, 5) is 25.7. The average Bonchev–Trinajstić information content (AvgIpc) is 3.00. The van der Waals surface area contributed by atoms with Gasteiger partial charge in [0.2, 0.25) is 11.8 Å². The molecule has 2 aromatic rings. The normalized spacial score (nSPS) is 14.4. The molecule has 0 saturated carbocycles. The number of thiophene rings is 1. The zero-order valence-corrected chi connectivity index (χ0v) is 16.4. The minimum atomic E-state index is -0.00698. The maximum Gasteiger partial charge on any atom is 0.265 e. The Morgan fingerprint density at radius 2 is 2.00 bits per heavy atom. The van der Waals surface area contributed by atoms with Crippen molar-refractivity contribution in [3.8, 4) is 5.88 Å². The van der Waals surface area contributed by atoms with Gasteiger partial charge >= 0.3 is 0 Å². The molecule has 6 nitrogen and oxygen atoms in total. The van der Waals surface area contributed by atoms with Crippen LogP contribution >= 0.6 is 35.3 Å². The lowest BCUT2D eigenvalue weighted by atomic mass is 10.3. The quantitative estimate of drug-likeness (QED) is 0.784. The zero-order valence-electron chi connectivity index (χ0n) is 14.0. The van der Waals surface area contributed by atoms with Crippen LogP contribution < -0.4 is 9.64 Å². The number of nitrogens with zero attached hydrogens (tertiary/aromatic N) is 4. The number of rotatable bonds is 4. The molecule has 1 saturated heterocycles. The van der Waals surface area contributed by atoms with E-state index in [-0.39, 0.29) is 24.4 Å². The number of hydrogen-bond acceptors (Lipinski definition) is 6. The molecule has 0 aromatic carbocycles. The van der Waals surface area contributed by atoms with E-state index in [1.807, 2.05) is 24.1 Å². The molecule has 136 valence electrons. The van der Waals surface area contributed by atoms with Crippen LogP contribution in [-0.4, -0.2) is 53.1 Å². The fourth-order valence-electron chi connectivity index (χ4n) is 2.49. The predicted molar refractivity (Wildman–Crippen MR) is 102 cm³/mol. The van der Waals surface area contributed by atoms with E-state index in [2.05, 4.69) is 14.9 Å². The molecule has 3 rings (SSSR count). The number of piperazine rings is 1. The summed E-state index contributed by atoms with van der Waals surface area (Å²) in [6, 6.07) is 3.51. The van der Waals surface area contributed by atoms with Gasteiger partial charge in [0.05, 0.1) is 11.1 Å². The second-order valence-electron chi connectivity index (χ2n) is 5.74. The monoisotopic (exact) mass is 402 g/mol. The highest BCUT2D eigenvalue weighted by atomic mass is 35.5. The molecular weight excluding hydrogens is 383 g/mol. The molecule has 2 aromatic heterocycles. The Bertz CT molecular complexity index is 718. The van der Waals surface area contributed by atoms with Gasteiger partial charge in [-0.3, -0.25) is 4.79 Å². The van der Waals surface area contributed by atoms with Gasteiger partial charge < -0.3 is 14.5 Å². The van der Waals surface area contributed by atoms with E-state index in [1.54, 1.807) is 18.3 Å². The fourth-order valence-corrected chi connectivity index (χ4v) is 3.59. The molecule has 0 N–H and O–H groups in total. The van der Waals surface area contributed by atoms with Gasteiger partial charge in [-0.2, -0.15) is 4.98 Å². The van der Waals surface area contributed by atoms with E-state index in [1.165, 1.54) is 11.3 Å². The fraction of sp³-hybridized carbons (Fsp3) is 0.438. The Hall–Kier alpha value is -1.57. The summed E-state index contributed by atoms with van der Waals surface area (Å²) in [5.74, 6) is 1.20. The molecule has 1 amide bonds. The first kappa shape index (κ1) is 19.8. The smallest absolute Gasteiger partial charge is 0.265 e. The van der Waals surface area contributed by atoms with Crippen LogP contribution in [0.15, 0.2) is 23.7 Å². The number of aromatic nitrogens is 2. The lowest BCUT2D eigenvalue weighted by molar-refractivity contribution is 0.0751. The Morgan fingerprint density at radius 1 is 1.28 bits per heavy atom. The van der Waals surface area contributed by atoms with E-state index >= 15 is 0 Å². The molecule has 0 radical (unpaired) electrons. The number of halogens is 2. The van der Waals surface area contributed by atoms with Gasteiger partial charge in [0.25, 0.3) is 5.91 Å². The van der Waals surface area contributed by atoms with E-state index in [0.29, 0.717) is 47.9 Å². The van der Waals surface area contributed by atoms with Crippen LogP contribution in [0, 0.1) is 0 Å². The van der Waals surface area contributed by atoms with Crippen molar-refractivity contribution in [3.05, 3.63) is 33.6 Å². The first-order chi connectivity index (χ1) is 11.5. The van der Waals surface area contributed by atoms with Gasteiger partial charge in [0, 0.05) is 38.4 Å².